The Kier molecular flexibility index (Phi) is 5.82. The van der Waals surface area contributed by atoms with E-state index in [1.165, 1.54) is 12.1 Å². The van der Waals surface area contributed by atoms with Gasteiger partial charge in [0.2, 0.25) is 5.78 Å². The van der Waals surface area contributed by atoms with Crippen molar-refractivity contribution < 1.29 is 23.1 Å². The highest BCUT2D eigenvalue weighted by atomic mass is 19.2. The Labute approximate surface area is 183 Å². The van der Waals surface area contributed by atoms with Crippen molar-refractivity contribution in [1.82, 2.24) is 0 Å². The number of hydrogen-bond acceptors (Lipinski definition) is 3. The van der Waals surface area contributed by atoms with E-state index < -0.39 is 23.3 Å². The van der Waals surface area contributed by atoms with Gasteiger partial charge in [0.05, 0.1) is 18.4 Å². The molecule has 0 atom stereocenters. The molecule has 1 heterocycles. The second-order valence-corrected chi connectivity index (χ2v) is 7.10. The van der Waals surface area contributed by atoms with Gasteiger partial charge >= 0.3 is 0 Å². The van der Waals surface area contributed by atoms with Crippen molar-refractivity contribution in [1.29, 1.82) is 0 Å². The van der Waals surface area contributed by atoms with E-state index in [2.05, 4.69) is 17.2 Å². The Hall–Kier alpha value is -4.24. The fraction of sp³-hybridized carbons (Fsp3) is 0.0769. The van der Waals surface area contributed by atoms with Gasteiger partial charge in [0.1, 0.15) is 5.75 Å². The minimum absolute atomic E-state index is 0.160. The summed E-state index contributed by atoms with van der Waals surface area (Å²) in [6.07, 6.45) is 1.76. The number of methoxy groups -OCH3 is 1. The van der Waals surface area contributed by atoms with E-state index in [-0.39, 0.29) is 16.7 Å². The normalized spacial score (nSPS) is 13.8. The van der Waals surface area contributed by atoms with E-state index in [1.807, 2.05) is 24.3 Å². The van der Waals surface area contributed by atoms with E-state index in [1.54, 1.807) is 25.3 Å². The second kappa shape index (κ2) is 8.86. The molecule has 0 bridgehead atoms. The molecule has 1 amide bonds. The Morgan fingerprint density at radius 3 is 2.47 bits per heavy atom. The van der Waals surface area contributed by atoms with Crippen molar-refractivity contribution in [2.75, 3.05) is 12.4 Å². The summed E-state index contributed by atoms with van der Waals surface area (Å²) < 4.78 is 31.8. The topological polar surface area (TPSA) is 55.4 Å². The van der Waals surface area contributed by atoms with Gasteiger partial charge in [-0.3, -0.25) is 9.59 Å². The molecule has 4 rings (SSSR count). The van der Waals surface area contributed by atoms with Gasteiger partial charge in [-0.25, -0.2) is 8.78 Å². The standard InChI is InChI=1S/C26H17F2NO3/c1-32-19-9-5-16(6-10-19)3-2-4-17-8-12-24-20(13-17)25(30)21(26(31)29-24)14-18-7-11-22(27)23(28)15-18/h5-15H,3H2,1H3,(H,29,31). The summed E-state index contributed by atoms with van der Waals surface area (Å²) in [6.45, 7) is 0. The van der Waals surface area contributed by atoms with Crippen LogP contribution in [0.5, 0.6) is 5.75 Å². The fourth-order valence-electron chi connectivity index (χ4n) is 3.25. The van der Waals surface area contributed by atoms with Gasteiger partial charge < -0.3 is 10.1 Å². The molecule has 0 aromatic heterocycles. The Morgan fingerprint density at radius 1 is 0.969 bits per heavy atom. The first kappa shape index (κ1) is 21.0. The monoisotopic (exact) mass is 429 g/mol. The predicted octanol–water partition coefficient (Wildman–Crippen LogP) is 4.79. The molecule has 1 aliphatic rings. The van der Waals surface area contributed by atoms with Crippen LogP contribution in [0.3, 0.4) is 0 Å². The minimum Gasteiger partial charge on any atom is -0.497 e. The number of fused-ring (bicyclic) bond motifs is 1. The highest BCUT2D eigenvalue weighted by molar-refractivity contribution is 6.36. The molecule has 0 saturated heterocycles. The first-order chi connectivity index (χ1) is 15.4. The molecular weight excluding hydrogens is 412 g/mol. The van der Waals surface area contributed by atoms with Crippen molar-refractivity contribution in [3.05, 3.63) is 100 Å². The van der Waals surface area contributed by atoms with Gasteiger partial charge in [-0.2, -0.15) is 0 Å². The number of hydrogen-bond donors (Lipinski definition) is 1. The Balaban J connectivity index is 1.58. The van der Waals surface area contributed by atoms with Gasteiger partial charge in [-0.15, -0.1) is 0 Å². The quantitative estimate of drug-likeness (QED) is 0.370. The first-order valence-corrected chi connectivity index (χ1v) is 9.73. The number of ketones is 1. The van der Waals surface area contributed by atoms with E-state index in [0.29, 0.717) is 17.7 Å². The highest BCUT2D eigenvalue weighted by Crippen LogP contribution is 2.27. The van der Waals surface area contributed by atoms with E-state index in [0.717, 1.165) is 23.4 Å². The molecule has 0 aliphatic carbocycles. The number of carbonyl (C=O) groups excluding carboxylic acids is 2. The van der Waals surface area contributed by atoms with Crippen LogP contribution >= 0.6 is 0 Å². The Morgan fingerprint density at radius 2 is 1.75 bits per heavy atom. The molecule has 0 spiro atoms. The number of anilines is 1. The predicted molar refractivity (Wildman–Crippen MR) is 117 cm³/mol. The Bertz CT molecular complexity index is 1320. The third kappa shape index (κ3) is 4.42. The number of amides is 1. The molecule has 0 saturated carbocycles. The molecular formula is C26H17F2NO3. The molecule has 158 valence electrons. The van der Waals surface area contributed by atoms with Crippen LogP contribution in [0.1, 0.15) is 27.0 Å². The van der Waals surface area contributed by atoms with Gasteiger partial charge in [-0.05, 0) is 59.7 Å². The summed E-state index contributed by atoms with van der Waals surface area (Å²) in [5, 5.41) is 2.65. The summed E-state index contributed by atoms with van der Waals surface area (Å²) in [6, 6.07) is 15.7. The zero-order valence-electron chi connectivity index (χ0n) is 17.0. The summed E-state index contributed by atoms with van der Waals surface area (Å²) in [5.74, 6) is 3.68. The fourth-order valence-corrected chi connectivity index (χ4v) is 3.25. The van der Waals surface area contributed by atoms with Crippen molar-refractivity contribution in [2.45, 2.75) is 6.42 Å². The number of ether oxygens (including phenoxy) is 1. The molecule has 0 unspecified atom stereocenters. The first-order valence-electron chi connectivity index (χ1n) is 9.73. The number of nitrogens with one attached hydrogen (secondary N) is 1. The van der Waals surface area contributed by atoms with Gasteiger partial charge in [0.25, 0.3) is 5.91 Å². The van der Waals surface area contributed by atoms with Crippen LogP contribution in [0.4, 0.5) is 14.5 Å². The maximum atomic E-state index is 13.5. The molecule has 3 aromatic rings. The average molecular weight is 429 g/mol. The van der Waals surface area contributed by atoms with Crippen molar-refractivity contribution >= 4 is 23.5 Å². The third-order valence-electron chi connectivity index (χ3n) is 4.94. The number of benzene rings is 3. The lowest BCUT2D eigenvalue weighted by Crippen LogP contribution is -2.27. The third-order valence-corrected chi connectivity index (χ3v) is 4.94. The number of halogens is 2. The van der Waals surface area contributed by atoms with E-state index >= 15 is 0 Å². The van der Waals surface area contributed by atoms with E-state index in [4.69, 9.17) is 4.74 Å². The largest absolute Gasteiger partial charge is 0.497 e. The molecule has 6 heteroatoms. The summed E-state index contributed by atoms with van der Waals surface area (Å²) in [7, 11) is 1.60. The molecule has 3 aromatic carbocycles. The van der Waals surface area contributed by atoms with Crippen LogP contribution in [-0.4, -0.2) is 18.8 Å². The van der Waals surface area contributed by atoms with Crippen LogP contribution < -0.4 is 10.1 Å². The smallest absolute Gasteiger partial charge is 0.259 e. The second-order valence-electron chi connectivity index (χ2n) is 7.10. The van der Waals surface area contributed by atoms with Crippen LogP contribution in [0, 0.1) is 23.5 Å². The number of Topliss-reactive ketones (excluding diaryl/α,β-unsaturated/α-hetero) is 1. The van der Waals surface area contributed by atoms with Crippen molar-refractivity contribution in [2.24, 2.45) is 0 Å². The summed E-state index contributed by atoms with van der Waals surface area (Å²) in [5.41, 5.74) is 2.36. The SMILES string of the molecule is COc1ccc(CC#Cc2ccc3c(c2)C(=O)C(=Cc2ccc(F)c(F)c2)C(=O)N3)cc1. The summed E-state index contributed by atoms with van der Waals surface area (Å²) >= 11 is 0. The molecule has 4 nitrogen and oxygen atoms in total. The van der Waals surface area contributed by atoms with Gasteiger partial charge in [0, 0.05) is 17.5 Å². The number of rotatable bonds is 3. The lowest BCUT2D eigenvalue weighted by atomic mass is 9.93. The van der Waals surface area contributed by atoms with Crippen LogP contribution in [0.25, 0.3) is 6.08 Å². The molecule has 1 N–H and O–H groups in total. The summed E-state index contributed by atoms with van der Waals surface area (Å²) in [4.78, 5) is 25.3. The molecule has 0 radical (unpaired) electrons. The number of carbonyl (C=O) groups is 2. The van der Waals surface area contributed by atoms with Crippen LogP contribution in [-0.2, 0) is 11.2 Å². The van der Waals surface area contributed by atoms with Crippen molar-refractivity contribution in [3.63, 3.8) is 0 Å². The van der Waals surface area contributed by atoms with Crippen LogP contribution in [0.15, 0.2) is 66.2 Å². The minimum atomic E-state index is -1.06. The van der Waals surface area contributed by atoms with Crippen molar-refractivity contribution in [3.8, 4) is 17.6 Å². The average Bonchev–Trinajstić information content (AvgIpc) is 2.80. The van der Waals surface area contributed by atoms with E-state index in [9.17, 15) is 18.4 Å². The zero-order chi connectivity index (χ0) is 22.7. The molecule has 1 aliphatic heterocycles. The lowest BCUT2D eigenvalue weighted by Gasteiger charge is -2.18. The maximum Gasteiger partial charge on any atom is 0.259 e. The van der Waals surface area contributed by atoms with Gasteiger partial charge in [-0.1, -0.05) is 30.0 Å². The molecule has 32 heavy (non-hydrogen) atoms. The lowest BCUT2D eigenvalue weighted by molar-refractivity contribution is -0.112. The zero-order valence-corrected chi connectivity index (χ0v) is 17.0. The molecule has 0 fully saturated rings. The van der Waals surface area contributed by atoms with Crippen LogP contribution in [0.2, 0.25) is 0 Å². The maximum absolute atomic E-state index is 13.5. The highest BCUT2D eigenvalue weighted by Gasteiger charge is 2.28. The van der Waals surface area contributed by atoms with Gasteiger partial charge in [0.15, 0.2) is 11.6 Å².